The molecule has 2 aromatic rings. The molecular weight excluding hydrogens is 304 g/mol. The Hall–Kier alpha value is -3.13. The molecule has 1 saturated carbocycles. The molecule has 0 saturated heterocycles. The summed E-state index contributed by atoms with van der Waals surface area (Å²) in [6, 6.07) is 17.3. The van der Waals surface area contributed by atoms with E-state index in [1.54, 1.807) is 42.5 Å². The van der Waals surface area contributed by atoms with Gasteiger partial charge in [-0.15, -0.1) is 0 Å². The summed E-state index contributed by atoms with van der Waals surface area (Å²) in [4.78, 5) is 24.8. The first-order valence-electron chi connectivity index (χ1n) is 7.74. The minimum absolute atomic E-state index is 0.171. The zero-order valence-corrected chi connectivity index (χ0v) is 12.9. The molecular formula is C19H16N2O3. The molecule has 1 aliphatic carbocycles. The lowest BCUT2D eigenvalue weighted by Crippen LogP contribution is -2.33. The number of nitrogens with one attached hydrogen (secondary N) is 1. The average Bonchev–Trinajstić information content (AvgIpc) is 3.44. The van der Waals surface area contributed by atoms with Crippen molar-refractivity contribution in [3.63, 3.8) is 0 Å². The third kappa shape index (κ3) is 3.79. The number of ether oxygens (including phenoxy) is 1. The van der Waals surface area contributed by atoms with Crippen molar-refractivity contribution in [2.45, 2.75) is 25.0 Å². The summed E-state index contributed by atoms with van der Waals surface area (Å²) in [5.74, 6) is -0.958. The van der Waals surface area contributed by atoms with Gasteiger partial charge in [-0.25, -0.2) is 4.79 Å². The summed E-state index contributed by atoms with van der Waals surface area (Å²) in [5.41, 5.74) is 1.22. The third-order valence-corrected chi connectivity index (χ3v) is 3.72. The highest BCUT2D eigenvalue weighted by atomic mass is 16.5. The van der Waals surface area contributed by atoms with E-state index in [9.17, 15) is 9.59 Å². The van der Waals surface area contributed by atoms with Crippen molar-refractivity contribution in [1.82, 2.24) is 5.32 Å². The van der Waals surface area contributed by atoms with Crippen LogP contribution < -0.4 is 5.32 Å². The van der Waals surface area contributed by atoms with Gasteiger partial charge in [-0.2, -0.15) is 5.26 Å². The fourth-order valence-electron chi connectivity index (χ4n) is 2.30. The second kappa shape index (κ2) is 6.97. The van der Waals surface area contributed by atoms with E-state index in [-0.39, 0.29) is 17.5 Å². The predicted octanol–water partition coefficient (Wildman–Crippen LogP) is 2.73. The first-order valence-corrected chi connectivity index (χ1v) is 7.74. The Morgan fingerprint density at radius 3 is 2.54 bits per heavy atom. The molecule has 0 aromatic heterocycles. The lowest BCUT2D eigenvalue weighted by atomic mass is 10.1. The first-order chi connectivity index (χ1) is 11.7. The van der Waals surface area contributed by atoms with Crippen molar-refractivity contribution in [1.29, 1.82) is 5.26 Å². The topological polar surface area (TPSA) is 79.2 Å². The number of nitriles is 1. The number of nitrogens with zero attached hydrogens (tertiary/aromatic N) is 1. The highest BCUT2D eigenvalue weighted by molar-refractivity contribution is 5.93. The minimum Gasteiger partial charge on any atom is -0.444 e. The Labute approximate surface area is 139 Å². The fraction of sp³-hybridized carbons (Fsp3) is 0.211. The number of hydrogen-bond donors (Lipinski definition) is 1. The summed E-state index contributed by atoms with van der Waals surface area (Å²) in [6.07, 6.45) is 0.890. The van der Waals surface area contributed by atoms with Gasteiger partial charge in [0.2, 0.25) is 6.10 Å². The average molecular weight is 320 g/mol. The van der Waals surface area contributed by atoms with Crippen molar-refractivity contribution < 1.29 is 14.3 Å². The number of benzene rings is 2. The van der Waals surface area contributed by atoms with E-state index in [1.807, 2.05) is 12.1 Å². The first kappa shape index (κ1) is 15.8. The van der Waals surface area contributed by atoms with Crippen LogP contribution >= 0.6 is 0 Å². The second-order valence-corrected chi connectivity index (χ2v) is 5.67. The fourth-order valence-corrected chi connectivity index (χ4v) is 2.30. The zero-order chi connectivity index (χ0) is 16.9. The van der Waals surface area contributed by atoms with E-state index in [0.29, 0.717) is 11.1 Å². The Bertz CT molecular complexity index is 792. The van der Waals surface area contributed by atoms with Crippen molar-refractivity contribution in [3.05, 3.63) is 71.3 Å². The van der Waals surface area contributed by atoms with Crippen LogP contribution in [0.25, 0.3) is 0 Å². The van der Waals surface area contributed by atoms with Crippen LogP contribution in [0.2, 0.25) is 0 Å². The molecule has 0 unspecified atom stereocenters. The maximum Gasteiger partial charge on any atom is 0.339 e. The molecule has 1 N–H and O–H groups in total. The molecule has 24 heavy (non-hydrogen) atoms. The van der Waals surface area contributed by atoms with E-state index < -0.39 is 12.1 Å². The molecule has 5 heteroatoms. The van der Waals surface area contributed by atoms with Gasteiger partial charge in [0.05, 0.1) is 17.2 Å². The van der Waals surface area contributed by atoms with Gasteiger partial charge >= 0.3 is 5.97 Å². The van der Waals surface area contributed by atoms with Crippen molar-refractivity contribution in [2.75, 3.05) is 0 Å². The smallest absolute Gasteiger partial charge is 0.339 e. The standard InChI is InChI=1S/C19H16N2O3/c20-12-13-5-4-8-15(11-13)19(23)24-17(14-6-2-1-3-7-14)18(22)21-16-9-10-16/h1-8,11,16-17H,9-10H2,(H,21,22)/t17-/m1/s1. The van der Waals surface area contributed by atoms with Gasteiger partial charge in [0.15, 0.2) is 0 Å². The van der Waals surface area contributed by atoms with E-state index in [1.165, 1.54) is 6.07 Å². The lowest BCUT2D eigenvalue weighted by Gasteiger charge is -2.18. The van der Waals surface area contributed by atoms with E-state index in [0.717, 1.165) is 12.8 Å². The van der Waals surface area contributed by atoms with E-state index in [4.69, 9.17) is 10.00 Å². The summed E-state index contributed by atoms with van der Waals surface area (Å²) in [6.45, 7) is 0. The second-order valence-electron chi connectivity index (χ2n) is 5.67. The molecule has 3 rings (SSSR count). The molecule has 1 atom stereocenters. The molecule has 0 aliphatic heterocycles. The molecule has 0 heterocycles. The molecule has 1 fully saturated rings. The van der Waals surface area contributed by atoms with E-state index in [2.05, 4.69) is 5.32 Å². The molecule has 2 aromatic carbocycles. The number of esters is 1. The van der Waals surface area contributed by atoms with Gasteiger partial charge in [0.25, 0.3) is 5.91 Å². The molecule has 0 bridgehead atoms. The van der Waals surface area contributed by atoms with Crippen molar-refractivity contribution in [2.24, 2.45) is 0 Å². The zero-order valence-electron chi connectivity index (χ0n) is 12.9. The van der Waals surface area contributed by atoms with Crippen LogP contribution in [0.1, 0.15) is 40.4 Å². The molecule has 1 amide bonds. The molecule has 0 spiro atoms. The highest BCUT2D eigenvalue weighted by Crippen LogP contribution is 2.24. The van der Waals surface area contributed by atoms with E-state index >= 15 is 0 Å². The maximum absolute atomic E-state index is 12.4. The SMILES string of the molecule is N#Cc1cccc(C(=O)O[C@@H](C(=O)NC2CC2)c2ccccc2)c1. The van der Waals surface area contributed by atoms with Gasteiger partial charge in [-0.05, 0) is 31.0 Å². The van der Waals surface area contributed by atoms with Crippen molar-refractivity contribution in [3.8, 4) is 6.07 Å². The monoisotopic (exact) mass is 320 g/mol. The quantitative estimate of drug-likeness (QED) is 0.859. The number of hydrogen-bond acceptors (Lipinski definition) is 4. The van der Waals surface area contributed by atoms with Gasteiger partial charge in [0, 0.05) is 11.6 Å². The summed E-state index contributed by atoms with van der Waals surface area (Å²) < 4.78 is 5.45. The highest BCUT2D eigenvalue weighted by Gasteiger charge is 2.31. The van der Waals surface area contributed by atoms with Gasteiger partial charge in [-0.1, -0.05) is 36.4 Å². The molecule has 1 aliphatic rings. The Morgan fingerprint density at radius 1 is 1.12 bits per heavy atom. The molecule has 120 valence electrons. The maximum atomic E-state index is 12.4. The normalized spacial score (nSPS) is 14.3. The van der Waals surface area contributed by atoms with Crippen LogP contribution in [-0.4, -0.2) is 17.9 Å². The largest absolute Gasteiger partial charge is 0.444 e. The Balaban J connectivity index is 1.81. The van der Waals surface area contributed by atoms with Crippen LogP contribution in [0.4, 0.5) is 0 Å². The van der Waals surface area contributed by atoms with Gasteiger partial charge < -0.3 is 10.1 Å². The van der Waals surface area contributed by atoms with Gasteiger partial charge in [0.1, 0.15) is 0 Å². The third-order valence-electron chi connectivity index (χ3n) is 3.72. The Kier molecular flexibility index (Phi) is 4.57. The van der Waals surface area contributed by atoms with Crippen LogP contribution in [0.3, 0.4) is 0 Å². The predicted molar refractivity (Wildman–Crippen MR) is 86.9 cm³/mol. The number of carbonyl (C=O) groups is 2. The van der Waals surface area contributed by atoms with Crippen molar-refractivity contribution >= 4 is 11.9 Å². The number of carbonyl (C=O) groups excluding carboxylic acids is 2. The minimum atomic E-state index is -1.01. The summed E-state index contributed by atoms with van der Waals surface area (Å²) in [7, 11) is 0. The summed E-state index contributed by atoms with van der Waals surface area (Å²) in [5, 5.41) is 11.8. The van der Waals surface area contributed by atoms with Crippen LogP contribution in [0.15, 0.2) is 54.6 Å². The molecule has 5 nitrogen and oxygen atoms in total. The number of amides is 1. The van der Waals surface area contributed by atoms with Gasteiger partial charge in [-0.3, -0.25) is 4.79 Å². The van der Waals surface area contributed by atoms with Crippen LogP contribution in [0.5, 0.6) is 0 Å². The van der Waals surface area contributed by atoms with Crippen LogP contribution in [0, 0.1) is 11.3 Å². The van der Waals surface area contributed by atoms with Crippen LogP contribution in [-0.2, 0) is 9.53 Å². The summed E-state index contributed by atoms with van der Waals surface area (Å²) >= 11 is 0. The lowest BCUT2D eigenvalue weighted by molar-refractivity contribution is -0.130. The number of rotatable bonds is 5. The molecule has 0 radical (unpaired) electrons. The Morgan fingerprint density at radius 2 is 1.88 bits per heavy atom.